The second-order valence-corrected chi connectivity index (χ2v) is 2.71. The lowest BCUT2D eigenvalue weighted by atomic mass is 10.3. The summed E-state index contributed by atoms with van der Waals surface area (Å²) < 4.78 is 9.87. The summed E-state index contributed by atoms with van der Waals surface area (Å²) >= 11 is 0. The first kappa shape index (κ1) is 8.53. The Hall–Kier alpha value is -0.570. The van der Waals surface area contributed by atoms with Gasteiger partial charge in [0.15, 0.2) is 0 Å². The van der Waals surface area contributed by atoms with Crippen molar-refractivity contribution in [1.29, 1.82) is 0 Å². The highest BCUT2D eigenvalue weighted by Crippen LogP contribution is 2.12. The van der Waals surface area contributed by atoms with Crippen LogP contribution in [-0.2, 0) is 14.3 Å². The third-order valence-corrected chi connectivity index (χ3v) is 1.56. The Morgan fingerprint density at radius 2 is 2.45 bits per heavy atom. The van der Waals surface area contributed by atoms with E-state index in [2.05, 4.69) is 0 Å². The second-order valence-electron chi connectivity index (χ2n) is 2.71. The van der Waals surface area contributed by atoms with Crippen LogP contribution in [0.3, 0.4) is 0 Å². The van der Waals surface area contributed by atoms with Gasteiger partial charge in [-0.15, -0.1) is 0 Å². The first-order valence-corrected chi connectivity index (χ1v) is 4.10. The highest BCUT2D eigenvalue weighted by molar-refractivity contribution is 5.69. The van der Waals surface area contributed by atoms with Gasteiger partial charge in [0, 0.05) is 12.8 Å². The molecule has 64 valence electrons. The number of carbonyl (C=O) groups excluding carboxylic acids is 1. The lowest BCUT2D eigenvalue weighted by molar-refractivity contribution is -0.143. The average molecular weight is 158 g/mol. The van der Waals surface area contributed by atoms with Gasteiger partial charge in [0.25, 0.3) is 0 Å². The summed E-state index contributed by atoms with van der Waals surface area (Å²) in [6.07, 6.45) is 2.61. The molecule has 0 saturated carbocycles. The molecule has 0 spiro atoms. The van der Waals surface area contributed by atoms with Gasteiger partial charge in [0.1, 0.15) is 0 Å². The summed E-state index contributed by atoms with van der Waals surface area (Å²) in [6, 6.07) is 0. The van der Waals surface area contributed by atoms with Gasteiger partial charge in [-0.05, 0) is 6.42 Å². The van der Waals surface area contributed by atoms with Gasteiger partial charge in [0.2, 0.25) is 0 Å². The fourth-order valence-electron chi connectivity index (χ4n) is 0.815. The Labute approximate surface area is 66.7 Å². The minimum absolute atomic E-state index is 0.0897. The molecule has 1 atom stereocenters. The van der Waals surface area contributed by atoms with Crippen molar-refractivity contribution in [3.8, 4) is 0 Å². The fourth-order valence-corrected chi connectivity index (χ4v) is 0.815. The molecule has 1 fully saturated rings. The van der Waals surface area contributed by atoms with Gasteiger partial charge in [0.05, 0.1) is 19.3 Å². The summed E-state index contributed by atoms with van der Waals surface area (Å²) in [6.45, 7) is 3.32. The van der Waals surface area contributed by atoms with Gasteiger partial charge in [-0.3, -0.25) is 4.79 Å². The van der Waals surface area contributed by atoms with Crippen molar-refractivity contribution >= 4 is 5.97 Å². The van der Waals surface area contributed by atoms with Crippen LogP contribution in [0.2, 0.25) is 0 Å². The van der Waals surface area contributed by atoms with Crippen LogP contribution in [0.15, 0.2) is 0 Å². The predicted octanol–water partition coefficient (Wildman–Crippen LogP) is 1.12. The maximum absolute atomic E-state index is 10.8. The van der Waals surface area contributed by atoms with Crippen molar-refractivity contribution in [1.82, 2.24) is 0 Å². The first-order valence-electron chi connectivity index (χ1n) is 4.10. The third kappa shape index (κ3) is 3.98. The number of rotatable bonds is 5. The standard InChI is InChI=1S/C8H14O3/c1-2-3-8(9)10-5-4-7-6-11-7/h7H,2-6H2,1H3. The van der Waals surface area contributed by atoms with Crippen molar-refractivity contribution < 1.29 is 14.3 Å². The minimum Gasteiger partial charge on any atom is -0.466 e. The minimum atomic E-state index is -0.0897. The molecule has 3 nitrogen and oxygen atoms in total. The van der Waals surface area contributed by atoms with Crippen molar-refractivity contribution in [2.24, 2.45) is 0 Å². The zero-order valence-corrected chi connectivity index (χ0v) is 6.84. The molecule has 0 N–H and O–H groups in total. The van der Waals surface area contributed by atoms with Crippen LogP contribution in [0.25, 0.3) is 0 Å². The zero-order valence-electron chi connectivity index (χ0n) is 6.84. The molecule has 1 aliphatic heterocycles. The highest BCUT2D eigenvalue weighted by Gasteiger charge is 2.22. The summed E-state index contributed by atoms with van der Waals surface area (Å²) in [4.78, 5) is 10.8. The molecule has 0 aliphatic carbocycles. The molecule has 1 aliphatic rings. The van der Waals surface area contributed by atoms with E-state index in [1.165, 1.54) is 0 Å². The number of epoxide rings is 1. The van der Waals surface area contributed by atoms with Crippen molar-refractivity contribution in [2.45, 2.75) is 32.3 Å². The first-order chi connectivity index (χ1) is 5.33. The van der Waals surface area contributed by atoms with E-state index in [4.69, 9.17) is 9.47 Å². The summed E-state index contributed by atoms with van der Waals surface area (Å²) in [5.74, 6) is -0.0897. The van der Waals surface area contributed by atoms with E-state index in [0.29, 0.717) is 19.1 Å². The topological polar surface area (TPSA) is 38.8 Å². The fraction of sp³-hybridized carbons (Fsp3) is 0.875. The molecule has 0 aromatic carbocycles. The Morgan fingerprint density at radius 3 is 3.00 bits per heavy atom. The quantitative estimate of drug-likeness (QED) is 0.444. The van der Waals surface area contributed by atoms with Crippen LogP contribution in [0, 0.1) is 0 Å². The molecule has 3 heteroatoms. The van der Waals surface area contributed by atoms with E-state index in [-0.39, 0.29) is 5.97 Å². The molecule has 1 heterocycles. The molecular weight excluding hydrogens is 144 g/mol. The van der Waals surface area contributed by atoms with Gasteiger partial charge in [-0.2, -0.15) is 0 Å². The Bertz CT molecular complexity index is 129. The smallest absolute Gasteiger partial charge is 0.305 e. The molecule has 0 aromatic heterocycles. The molecule has 0 radical (unpaired) electrons. The number of esters is 1. The van der Waals surface area contributed by atoms with Gasteiger partial charge >= 0.3 is 5.97 Å². The largest absolute Gasteiger partial charge is 0.466 e. The van der Waals surface area contributed by atoms with Crippen LogP contribution in [0.4, 0.5) is 0 Å². The normalized spacial score (nSPS) is 21.4. The van der Waals surface area contributed by atoms with Crippen molar-refractivity contribution in [2.75, 3.05) is 13.2 Å². The lowest BCUT2D eigenvalue weighted by Gasteiger charge is -2.00. The number of ether oxygens (including phenoxy) is 2. The Morgan fingerprint density at radius 1 is 1.73 bits per heavy atom. The van der Waals surface area contributed by atoms with E-state index >= 15 is 0 Å². The van der Waals surface area contributed by atoms with Crippen molar-refractivity contribution in [3.05, 3.63) is 0 Å². The van der Waals surface area contributed by atoms with E-state index in [1.807, 2.05) is 6.92 Å². The van der Waals surface area contributed by atoms with E-state index in [9.17, 15) is 4.79 Å². The third-order valence-electron chi connectivity index (χ3n) is 1.56. The zero-order chi connectivity index (χ0) is 8.10. The van der Waals surface area contributed by atoms with Crippen LogP contribution in [-0.4, -0.2) is 25.3 Å². The molecule has 1 saturated heterocycles. The number of hydrogen-bond donors (Lipinski definition) is 0. The van der Waals surface area contributed by atoms with Crippen LogP contribution >= 0.6 is 0 Å². The Kier molecular flexibility index (Phi) is 3.36. The van der Waals surface area contributed by atoms with Crippen molar-refractivity contribution in [3.63, 3.8) is 0 Å². The monoisotopic (exact) mass is 158 g/mol. The molecule has 0 amide bonds. The average Bonchev–Trinajstić information content (AvgIpc) is 2.72. The molecule has 1 rings (SSSR count). The molecule has 1 unspecified atom stereocenters. The van der Waals surface area contributed by atoms with E-state index < -0.39 is 0 Å². The van der Waals surface area contributed by atoms with Gasteiger partial charge < -0.3 is 9.47 Å². The number of hydrogen-bond acceptors (Lipinski definition) is 3. The lowest BCUT2D eigenvalue weighted by Crippen LogP contribution is -2.06. The second kappa shape index (κ2) is 4.34. The maximum Gasteiger partial charge on any atom is 0.305 e. The summed E-state index contributed by atoms with van der Waals surface area (Å²) in [5, 5.41) is 0. The predicted molar refractivity (Wildman–Crippen MR) is 40.2 cm³/mol. The van der Waals surface area contributed by atoms with Gasteiger partial charge in [-0.25, -0.2) is 0 Å². The molecule has 11 heavy (non-hydrogen) atoms. The molecule has 0 aromatic rings. The molecular formula is C8H14O3. The van der Waals surface area contributed by atoms with Gasteiger partial charge in [-0.1, -0.05) is 6.92 Å². The highest BCUT2D eigenvalue weighted by atomic mass is 16.6. The maximum atomic E-state index is 10.8. The summed E-state index contributed by atoms with van der Waals surface area (Å²) in [5.41, 5.74) is 0. The van der Waals surface area contributed by atoms with Crippen LogP contribution in [0.5, 0.6) is 0 Å². The molecule has 0 bridgehead atoms. The Balaban J connectivity index is 1.88. The SMILES string of the molecule is CCCC(=O)OCCC1CO1. The van der Waals surface area contributed by atoms with E-state index in [0.717, 1.165) is 19.4 Å². The van der Waals surface area contributed by atoms with Crippen LogP contribution < -0.4 is 0 Å². The number of carbonyl (C=O) groups is 1. The van der Waals surface area contributed by atoms with Crippen LogP contribution in [0.1, 0.15) is 26.2 Å². The summed E-state index contributed by atoms with van der Waals surface area (Å²) in [7, 11) is 0. The van der Waals surface area contributed by atoms with E-state index in [1.54, 1.807) is 0 Å².